The van der Waals surface area contributed by atoms with Crippen molar-refractivity contribution in [2.45, 2.75) is 0 Å². The summed E-state index contributed by atoms with van der Waals surface area (Å²) in [5, 5.41) is 3.57. The Morgan fingerprint density at radius 3 is 0.806 bits per heavy atom. The Bertz CT molecular complexity index is 324. The summed E-state index contributed by atoms with van der Waals surface area (Å²) in [6.07, 6.45) is 0. The van der Waals surface area contributed by atoms with Gasteiger partial charge in [-0.1, -0.05) is 0 Å². The lowest BCUT2D eigenvalue weighted by Crippen LogP contribution is -2.46. The van der Waals surface area contributed by atoms with E-state index in [1.807, 2.05) is 0 Å². The van der Waals surface area contributed by atoms with E-state index in [0.717, 1.165) is 91.6 Å². The topological polar surface area (TPSA) is 181 Å². The average molecular weight is 448 g/mol. The molecule has 31 heavy (non-hydrogen) atoms. The van der Waals surface area contributed by atoms with Crippen LogP contribution in [0.15, 0.2) is 0 Å². The number of hydrogen-bond acceptors (Lipinski definition) is 11. The third-order valence-corrected chi connectivity index (χ3v) is 5.35. The Kier molecular flexibility index (Phi) is 22.4. The van der Waals surface area contributed by atoms with E-state index in [0.29, 0.717) is 39.3 Å². The highest BCUT2D eigenvalue weighted by Gasteiger charge is 2.11. The normalized spacial score (nSPS) is 12.2. The minimum atomic E-state index is 0.657. The largest absolute Gasteiger partial charge is 0.329 e. The Hall–Kier alpha value is -0.440. The Morgan fingerprint density at radius 1 is 0.323 bits per heavy atom. The summed E-state index contributed by atoms with van der Waals surface area (Å²) >= 11 is 0. The van der Waals surface area contributed by atoms with Crippen molar-refractivity contribution >= 4 is 0 Å². The molecule has 0 rings (SSSR count). The average Bonchev–Trinajstić information content (AvgIpc) is 2.75. The summed E-state index contributed by atoms with van der Waals surface area (Å²) in [6.45, 7) is 17.0. The molecular weight excluding hydrogens is 394 g/mol. The van der Waals surface area contributed by atoms with Gasteiger partial charge in [0.15, 0.2) is 0 Å². The van der Waals surface area contributed by atoms with Gasteiger partial charge in [0.25, 0.3) is 0 Å². The number of hydrogen-bond donors (Lipinski definition) is 7. The maximum absolute atomic E-state index is 5.76. The van der Waals surface area contributed by atoms with Gasteiger partial charge in [0, 0.05) is 131 Å². The number of nitrogens with zero attached hydrogens (tertiary/aromatic N) is 4. The van der Waals surface area contributed by atoms with Crippen LogP contribution in [0.4, 0.5) is 0 Å². The second-order valence-electron chi connectivity index (χ2n) is 7.85. The highest BCUT2D eigenvalue weighted by Crippen LogP contribution is 1.95. The first-order chi connectivity index (χ1) is 15.1. The van der Waals surface area contributed by atoms with Gasteiger partial charge < -0.3 is 39.7 Å². The molecule has 0 aliphatic carbocycles. The first-order valence-corrected chi connectivity index (χ1v) is 12.0. The molecule has 0 bridgehead atoms. The molecule has 0 atom stereocenters. The maximum atomic E-state index is 5.76. The zero-order valence-corrected chi connectivity index (χ0v) is 19.9. The lowest BCUT2D eigenvalue weighted by molar-refractivity contribution is 0.180. The monoisotopic (exact) mass is 447 g/mol. The molecule has 0 spiro atoms. The fourth-order valence-corrected chi connectivity index (χ4v) is 3.60. The summed E-state index contributed by atoms with van der Waals surface area (Å²) < 4.78 is 0. The van der Waals surface area contributed by atoms with Crippen LogP contribution in [0, 0.1) is 0 Å². The van der Waals surface area contributed by atoms with E-state index < -0.39 is 0 Å². The smallest absolute Gasteiger partial charge is 0.0110 e. The fourth-order valence-electron chi connectivity index (χ4n) is 3.60. The number of rotatable bonds is 24. The van der Waals surface area contributed by atoms with E-state index in [1.165, 1.54) is 0 Å². The summed E-state index contributed by atoms with van der Waals surface area (Å²) in [6, 6.07) is 0. The second kappa shape index (κ2) is 22.7. The van der Waals surface area contributed by atoms with Gasteiger partial charge in [0.2, 0.25) is 0 Å². The summed E-state index contributed by atoms with van der Waals surface area (Å²) in [4.78, 5) is 9.50. The molecule has 0 unspecified atom stereocenters. The molecule has 188 valence electrons. The van der Waals surface area contributed by atoms with Gasteiger partial charge in [0.1, 0.15) is 0 Å². The van der Waals surface area contributed by atoms with Crippen molar-refractivity contribution in [2.24, 2.45) is 34.4 Å². The quantitative estimate of drug-likeness (QED) is 0.0709. The van der Waals surface area contributed by atoms with Crippen LogP contribution in [0.25, 0.3) is 0 Å². The number of nitrogens with two attached hydrogens (primary N) is 6. The molecule has 0 aliphatic rings. The van der Waals surface area contributed by atoms with E-state index in [4.69, 9.17) is 34.4 Å². The van der Waals surface area contributed by atoms with Crippen LogP contribution in [-0.2, 0) is 0 Å². The van der Waals surface area contributed by atoms with Gasteiger partial charge in [0.05, 0.1) is 0 Å². The molecule has 0 radical (unpaired) electrons. The molecule has 0 fully saturated rings. The zero-order chi connectivity index (χ0) is 23.2. The van der Waals surface area contributed by atoms with Crippen molar-refractivity contribution < 1.29 is 0 Å². The molecule has 0 aliphatic heterocycles. The lowest BCUT2D eigenvalue weighted by Gasteiger charge is -2.30. The van der Waals surface area contributed by atoms with Crippen LogP contribution in [0.1, 0.15) is 0 Å². The highest BCUT2D eigenvalue weighted by molar-refractivity contribution is 4.69. The highest BCUT2D eigenvalue weighted by atomic mass is 15.2. The first kappa shape index (κ1) is 30.6. The molecule has 13 N–H and O–H groups in total. The van der Waals surface area contributed by atoms with E-state index >= 15 is 0 Å². The summed E-state index contributed by atoms with van der Waals surface area (Å²) in [5.74, 6) is 0. The molecule has 11 heteroatoms. The van der Waals surface area contributed by atoms with Gasteiger partial charge in [-0.05, 0) is 0 Å². The van der Waals surface area contributed by atoms with Crippen molar-refractivity contribution in [1.29, 1.82) is 0 Å². The van der Waals surface area contributed by atoms with Crippen molar-refractivity contribution in [3.8, 4) is 0 Å². The Morgan fingerprint density at radius 2 is 0.548 bits per heavy atom. The van der Waals surface area contributed by atoms with Crippen molar-refractivity contribution in [1.82, 2.24) is 24.9 Å². The van der Waals surface area contributed by atoms with Crippen molar-refractivity contribution in [3.05, 3.63) is 0 Å². The van der Waals surface area contributed by atoms with Crippen molar-refractivity contribution in [2.75, 3.05) is 131 Å². The zero-order valence-electron chi connectivity index (χ0n) is 19.9. The second-order valence-corrected chi connectivity index (χ2v) is 7.85. The molecule has 0 saturated heterocycles. The van der Waals surface area contributed by atoms with Gasteiger partial charge in [-0.25, -0.2) is 0 Å². The Labute approximate surface area is 190 Å². The van der Waals surface area contributed by atoms with Crippen LogP contribution in [0.2, 0.25) is 0 Å². The predicted molar refractivity (Wildman–Crippen MR) is 133 cm³/mol. The van der Waals surface area contributed by atoms with Gasteiger partial charge in [-0.3, -0.25) is 19.6 Å². The molecule has 11 nitrogen and oxygen atoms in total. The van der Waals surface area contributed by atoms with Gasteiger partial charge in [-0.2, -0.15) is 0 Å². The summed E-state index contributed by atoms with van der Waals surface area (Å²) in [7, 11) is 0. The van der Waals surface area contributed by atoms with E-state index in [2.05, 4.69) is 24.9 Å². The van der Waals surface area contributed by atoms with Crippen LogP contribution in [0.5, 0.6) is 0 Å². The van der Waals surface area contributed by atoms with Gasteiger partial charge in [-0.15, -0.1) is 0 Å². The molecule has 0 aromatic heterocycles. The minimum Gasteiger partial charge on any atom is -0.329 e. The molecule has 0 aromatic carbocycles. The molecule has 0 saturated carbocycles. The molecule has 0 aromatic rings. The van der Waals surface area contributed by atoms with Crippen LogP contribution in [-0.4, -0.2) is 150 Å². The first-order valence-electron chi connectivity index (χ1n) is 12.0. The minimum absolute atomic E-state index is 0.657. The number of nitrogens with one attached hydrogen (secondary N) is 1. The van der Waals surface area contributed by atoms with Crippen LogP contribution < -0.4 is 39.7 Å². The third-order valence-electron chi connectivity index (χ3n) is 5.35. The fraction of sp³-hybridized carbons (Fsp3) is 1.00. The lowest BCUT2D eigenvalue weighted by atomic mass is 10.3. The van der Waals surface area contributed by atoms with Gasteiger partial charge >= 0.3 is 0 Å². The third kappa shape index (κ3) is 17.8. The standard InChI is InChI=1S/C20H53N11/c21-1-9-28(10-2-22)15-7-27-8-16-31(19-17-29(11-3-23)12-4-24)20-18-30(13-5-25)14-6-26/h27H,1-26H2. The van der Waals surface area contributed by atoms with Crippen molar-refractivity contribution in [3.63, 3.8) is 0 Å². The maximum Gasteiger partial charge on any atom is 0.0110 e. The van der Waals surface area contributed by atoms with E-state index in [9.17, 15) is 0 Å². The molecule has 0 amide bonds. The SMILES string of the molecule is NCCN(CCN)CCNCCN(CCN(CCN)CCN)CCN(CCN)CCN. The Balaban J connectivity index is 4.52. The van der Waals surface area contributed by atoms with Crippen LogP contribution >= 0.6 is 0 Å². The predicted octanol–water partition coefficient (Wildman–Crippen LogP) is -4.46. The van der Waals surface area contributed by atoms with Crippen LogP contribution in [0.3, 0.4) is 0 Å². The van der Waals surface area contributed by atoms with E-state index in [-0.39, 0.29) is 0 Å². The summed E-state index contributed by atoms with van der Waals surface area (Å²) in [5.41, 5.74) is 34.4. The van der Waals surface area contributed by atoms with E-state index in [1.54, 1.807) is 0 Å². The molecule has 0 heterocycles. The molecular formula is C20H53N11.